The van der Waals surface area contributed by atoms with Gasteiger partial charge in [0.25, 0.3) is 0 Å². The van der Waals surface area contributed by atoms with Crippen LogP contribution < -0.4 is 0 Å². The lowest BCUT2D eigenvalue weighted by Gasteiger charge is -1.92. The number of hydrogen-bond acceptors (Lipinski definition) is 1. The van der Waals surface area contributed by atoms with Crippen molar-refractivity contribution >= 4 is 22.2 Å². The zero-order valence-electron chi connectivity index (χ0n) is 5.30. The van der Waals surface area contributed by atoms with Gasteiger partial charge in [0.1, 0.15) is 0 Å². The predicted octanol–water partition coefficient (Wildman–Crippen LogP) is 2.10. The van der Waals surface area contributed by atoms with E-state index in [0.717, 1.165) is 10.0 Å². The molecule has 1 rings (SSSR count). The van der Waals surface area contributed by atoms with Gasteiger partial charge < -0.3 is 0 Å². The van der Waals surface area contributed by atoms with Crippen LogP contribution in [0.25, 0.3) is 0 Å². The summed E-state index contributed by atoms with van der Waals surface area (Å²) in [5, 5.41) is 0. The van der Waals surface area contributed by atoms with Crippen LogP contribution in [0, 0.1) is 0 Å². The standard InChI is InChI=1S/C8H6BrO/c9-8-3-1-7(2-4-8)5-6-10/h1-4H,5H2. The second-order valence-electron chi connectivity index (χ2n) is 1.95. The lowest BCUT2D eigenvalue weighted by atomic mass is 10.2. The zero-order chi connectivity index (χ0) is 7.40. The van der Waals surface area contributed by atoms with Gasteiger partial charge in [-0.1, -0.05) is 28.1 Å². The van der Waals surface area contributed by atoms with E-state index < -0.39 is 0 Å². The number of halogens is 1. The second kappa shape index (κ2) is 3.52. The Labute approximate surface area is 68.2 Å². The first-order chi connectivity index (χ1) is 4.83. The van der Waals surface area contributed by atoms with E-state index in [9.17, 15) is 4.79 Å². The minimum atomic E-state index is 0.382. The van der Waals surface area contributed by atoms with Crippen LogP contribution in [-0.2, 0) is 11.2 Å². The fraction of sp³-hybridized carbons (Fsp3) is 0.125. The number of hydrogen-bond donors (Lipinski definition) is 0. The maximum Gasteiger partial charge on any atom is 0.203 e. The van der Waals surface area contributed by atoms with Crippen molar-refractivity contribution in [3.63, 3.8) is 0 Å². The summed E-state index contributed by atoms with van der Waals surface area (Å²) in [7, 11) is 0. The van der Waals surface area contributed by atoms with E-state index >= 15 is 0 Å². The average molecular weight is 198 g/mol. The van der Waals surface area contributed by atoms with Crippen molar-refractivity contribution in [2.75, 3.05) is 0 Å². The summed E-state index contributed by atoms with van der Waals surface area (Å²) in [5.74, 6) is 0. The molecule has 0 amide bonds. The minimum absolute atomic E-state index is 0.382. The Balaban J connectivity index is 2.78. The molecule has 51 valence electrons. The smallest absolute Gasteiger partial charge is 0.203 e. The molecule has 0 aliphatic rings. The highest BCUT2D eigenvalue weighted by molar-refractivity contribution is 9.10. The first-order valence-electron chi connectivity index (χ1n) is 2.92. The zero-order valence-corrected chi connectivity index (χ0v) is 6.89. The SMILES string of the molecule is O=[C]Cc1ccc(Br)cc1. The predicted molar refractivity (Wildman–Crippen MR) is 43.5 cm³/mol. The topological polar surface area (TPSA) is 17.1 Å². The summed E-state index contributed by atoms with van der Waals surface area (Å²) in [6.45, 7) is 0. The Morgan fingerprint density at radius 1 is 1.30 bits per heavy atom. The van der Waals surface area contributed by atoms with Gasteiger partial charge in [-0.05, 0) is 17.7 Å². The summed E-state index contributed by atoms with van der Waals surface area (Å²) in [6.07, 6.45) is 2.22. The molecule has 0 aromatic heterocycles. The highest BCUT2D eigenvalue weighted by Gasteiger charge is 1.89. The molecule has 0 bridgehead atoms. The van der Waals surface area contributed by atoms with Gasteiger partial charge in [0.15, 0.2) is 0 Å². The van der Waals surface area contributed by atoms with Gasteiger partial charge in [0, 0.05) is 10.9 Å². The molecular formula is C8H6BrO. The van der Waals surface area contributed by atoms with Gasteiger partial charge in [0.2, 0.25) is 6.29 Å². The Kier molecular flexibility index (Phi) is 2.63. The first-order valence-corrected chi connectivity index (χ1v) is 3.71. The van der Waals surface area contributed by atoms with E-state index in [1.165, 1.54) is 0 Å². The maximum absolute atomic E-state index is 9.92. The van der Waals surface area contributed by atoms with Gasteiger partial charge in [0.05, 0.1) is 0 Å². The third-order valence-corrected chi connectivity index (χ3v) is 1.72. The third-order valence-electron chi connectivity index (χ3n) is 1.19. The van der Waals surface area contributed by atoms with Crippen LogP contribution >= 0.6 is 15.9 Å². The quantitative estimate of drug-likeness (QED) is 0.711. The molecule has 0 saturated heterocycles. The lowest BCUT2D eigenvalue weighted by molar-refractivity contribution is 0.555. The molecule has 0 aliphatic heterocycles. The monoisotopic (exact) mass is 197 g/mol. The molecular weight excluding hydrogens is 192 g/mol. The van der Waals surface area contributed by atoms with Crippen molar-refractivity contribution < 1.29 is 4.79 Å². The fourth-order valence-corrected chi connectivity index (χ4v) is 0.950. The lowest BCUT2D eigenvalue weighted by Crippen LogP contribution is -1.83. The van der Waals surface area contributed by atoms with Crippen LogP contribution in [0.1, 0.15) is 5.56 Å². The first kappa shape index (κ1) is 7.48. The Bertz CT molecular complexity index is 215. The van der Waals surface area contributed by atoms with E-state index in [-0.39, 0.29) is 0 Å². The van der Waals surface area contributed by atoms with Gasteiger partial charge in [-0.15, -0.1) is 0 Å². The molecule has 0 atom stereocenters. The largest absolute Gasteiger partial charge is 0.291 e. The second-order valence-corrected chi connectivity index (χ2v) is 2.86. The van der Waals surface area contributed by atoms with Crippen molar-refractivity contribution in [1.82, 2.24) is 0 Å². The van der Waals surface area contributed by atoms with Crippen LogP contribution in [0.4, 0.5) is 0 Å². The molecule has 10 heavy (non-hydrogen) atoms. The molecule has 0 N–H and O–H groups in total. The van der Waals surface area contributed by atoms with Crippen LogP contribution in [0.2, 0.25) is 0 Å². The van der Waals surface area contributed by atoms with Crippen LogP contribution in [0.5, 0.6) is 0 Å². The van der Waals surface area contributed by atoms with E-state index in [1.54, 1.807) is 0 Å². The molecule has 2 heteroatoms. The van der Waals surface area contributed by atoms with Gasteiger partial charge in [-0.2, -0.15) is 0 Å². The number of carbonyl (C=O) groups excluding carboxylic acids is 1. The number of rotatable bonds is 2. The van der Waals surface area contributed by atoms with Crippen molar-refractivity contribution in [2.45, 2.75) is 6.42 Å². The maximum atomic E-state index is 9.92. The molecule has 1 radical (unpaired) electrons. The Hall–Kier alpha value is -0.630. The Morgan fingerprint density at radius 2 is 1.90 bits per heavy atom. The molecule has 0 unspecified atom stereocenters. The van der Waals surface area contributed by atoms with Crippen LogP contribution in [0.3, 0.4) is 0 Å². The van der Waals surface area contributed by atoms with Crippen molar-refractivity contribution in [1.29, 1.82) is 0 Å². The van der Waals surface area contributed by atoms with E-state index in [0.29, 0.717) is 6.42 Å². The third kappa shape index (κ3) is 1.95. The minimum Gasteiger partial charge on any atom is -0.291 e. The van der Waals surface area contributed by atoms with Crippen LogP contribution in [0.15, 0.2) is 28.7 Å². The van der Waals surface area contributed by atoms with Gasteiger partial charge in [-0.25, -0.2) is 0 Å². The van der Waals surface area contributed by atoms with Crippen molar-refractivity contribution in [3.05, 3.63) is 34.3 Å². The van der Waals surface area contributed by atoms with Gasteiger partial charge >= 0.3 is 0 Å². The molecule has 0 saturated carbocycles. The fourth-order valence-electron chi connectivity index (χ4n) is 0.686. The highest BCUT2D eigenvalue weighted by atomic mass is 79.9. The number of benzene rings is 1. The molecule has 1 nitrogen and oxygen atoms in total. The molecule has 1 aromatic rings. The molecule has 0 spiro atoms. The molecule has 1 aromatic carbocycles. The summed E-state index contributed by atoms with van der Waals surface area (Å²) in [6, 6.07) is 7.61. The summed E-state index contributed by atoms with van der Waals surface area (Å²) in [4.78, 5) is 9.92. The normalized spacial score (nSPS) is 9.30. The van der Waals surface area contributed by atoms with Gasteiger partial charge in [-0.3, -0.25) is 4.79 Å². The van der Waals surface area contributed by atoms with E-state index in [2.05, 4.69) is 15.9 Å². The Morgan fingerprint density at radius 3 is 2.40 bits per heavy atom. The van der Waals surface area contributed by atoms with E-state index in [1.807, 2.05) is 30.6 Å². The highest BCUT2D eigenvalue weighted by Crippen LogP contribution is 2.09. The van der Waals surface area contributed by atoms with Crippen LogP contribution in [-0.4, -0.2) is 6.29 Å². The van der Waals surface area contributed by atoms with E-state index in [4.69, 9.17) is 0 Å². The molecule has 0 heterocycles. The summed E-state index contributed by atoms with van der Waals surface area (Å²) in [5.41, 5.74) is 0.998. The average Bonchev–Trinajstić information content (AvgIpc) is 1.95. The van der Waals surface area contributed by atoms with Crippen molar-refractivity contribution in [2.24, 2.45) is 0 Å². The molecule has 0 aliphatic carbocycles. The molecule has 0 fully saturated rings. The summed E-state index contributed by atoms with van der Waals surface area (Å²) >= 11 is 3.30. The summed E-state index contributed by atoms with van der Waals surface area (Å²) < 4.78 is 1.03. The van der Waals surface area contributed by atoms with Crippen molar-refractivity contribution in [3.8, 4) is 0 Å².